The van der Waals surface area contributed by atoms with Crippen LogP contribution in [0.3, 0.4) is 0 Å². The molecule has 0 bridgehead atoms. The Balaban J connectivity index is 2.44. The molecule has 1 aliphatic carbocycles. The topological polar surface area (TPSA) is 60.2 Å². The summed E-state index contributed by atoms with van der Waals surface area (Å²) < 4.78 is 0. The zero-order valence-corrected chi connectivity index (χ0v) is 8.40. The van der Waals surface area contributed by atoms with Crippen molar-refractivity contribution in [2.75, 3.05) is 0 Å². The molecule has 1 fully saturated rings. The summed E-state index contributed by atoms with van der Waals surface area (Å²) in [7, 11) is 0. The molecule has 0 heterocycles. The number of nitro benzene ring substituents is 1. The summed E-state index contributed by atoms with van der Waals surface area (Å²) in [6.45, 7) is 1.78. The number of carbonyl (C=O) groups is 1. The summed E-state index contributed by atoms with van der Waals surface area (Å²) in [6.07, 6.45) is 1.73. The summed E-state index contributed by atoms with van der Waals surface area (Å²) in [5, 5.41) is 10.8. The molecule has 0 amide bonds. The number of Topliss-reactive ketones (excluding diaryl/α,β-unsaturated/α-hetero) is 1. The smallest absolute Gasteiger partial charge is 0.280 e. The fraction of sp³-hybridized carbons (Fsp3) is 0.364. The van der Waals surface area contributed by atoms with Crippen LogP contribution in [0.2, 0.25) is 0 Å². The molecule has 0 saturated heterocycles. The molecule has 0 unspecified atom stereocenters. The van der Waals surface area contributed by atoms with Gasteiger partial charge in [0.25, 0.3) is 5.69 Å². The molecule has 0 spiro atoms. The van der Waals surface area contributed by atoms with E-state index in [-0.39, 0.29) is 23.0 Å². The van der Waals surface area contributed by atoms with Gasteiger partial charge in [-0.3, -0.25) is 14.9 Å². The lowest BCUT2D eigenvalue weighted by Crippen LogP contribution is -2.05. The zero-order valence-electron chi connectivity index (χ0n) is 8.40. The molecule has 0 aliphatic heterocycles. The highest BCUT2D eigenvalue weighted by Gasteiger charge is 2.34. The Morgan fingerprint density at radius 1 is 1.47 bits per heavy atom. The van der Waals surface area contributed by atoms with Gasteiger partial charge in [-0.1, -0.05) is 6.07 Å². The third-order valence-corrected chi connectivity index (χ3v) is 2.56. The zero-order chi connectivity index (χ0) is 11.0. The SMILES string of the molecule is Cc1ccc(C(=O)C2CC2)c([N+](=O)[O-])c1. The molecular formula is C11H11NO3. The molecule has 0 atom stereocenters. The van der Waals surface area contributed by atoms with Crippen molar-refractivity contribution in [2.45, 2.75) is 19.8 Å². The maximum absolute atomic E-state index is 11.7. The summed E-state index contributed by atoms with van der Waals surface area (Å²) in [4.78, 5) is 22.0. The summed E-state index contributed by atoms with van der Waals surface area (Å²) in [6, 6.07) is 4.76. The van der Waals surface area contributed by atoms with Crippen LogP contribution in [-0.2, 0) is 0 Å². The van der Waals surface area contributed by atoms with Crippen LogP contribution in [0.5, 0.6) is 0 Å². The van der Waals surface area contributed by atoms with Crippen LogP contribution in [0.4, 0.5) is 5.69 Å². The van der Waals surface area contributed by atoms with Crippen LogP contribution in [0.15, 0.2) is 18.2 Å². The largest absolute Gasteiger partial charge is 0.294 e. The van der Waals surface area contributed by atoms with Crippen LogP contribution in [0.25, 0.3) is 0 Å². The maximum Gasteiger partial charge on any atom is 0.280 e. The number of ketones is 1. The molecule has 4 nitrogen and oxygen atoms in total. The Bertz CT molecular complexity index is 435. The Labute approximate surface area is 87.1 Å². The first-order valence-electron chi connectivity index (χ1n) is 4.89. The van der Waals surface area contributed by atoms with E-state index in [0.29, 0.717) is 0 Å². The molecule has 1 aromatic rings. The minimum absolute atomic E-state index is 0.0198. The highest BCUT2D eigenvalue weighted by atomic mass is 16.6. The Hall–Kier alpha value is -1.71. The Morgan fingerprint density at radius 2 is 2.13 bits per heavy atom. The number of aryl methyl sites for hydroxylation is 1. The van der Waals surface area contributed by atoms with Gasteiger partial charge < -0.3 is 0 Å². The molecule has 0 aromatic heterocycles. The van der Waals surface area contributed by atoms with Crippen LogP contribution in [0, 0.1) is 23.0 Å². The second kappa shape index (κ2) is 3.46. The third-order valence-electron chi connectivity index (χ3n) is 2.56. The maximum atomic E-state index is 11.7. The lowest BCUT2D eigenvalue weighted by atomic mass is 10.0. The predicted molar refractivity (Wildman–Crippen MR) is 54.9 cm³/mol. The first-order valence-corrected chi connectivity index (χ1v) is 4.89. The number of carbonyl (C=O) groups excluding carboxylic acids is 1. The van der Waals surface area contributed by atoms with Crippen molar-refractivity contribution in [3.8, 4) is 0 Å². The lowest BCUT2D eigenvalue weighted by Gasteiger charge is -2.01. The van der Waals surface area contributed by atoms with E-state index in [0.717, 1.165) is 18.4 Å². The van der Waals surface area contributed by atoms with Crippen molar-refractivity contribution in [3.05, 3.63) is 39.4 Å². The molecule has 0 radical (unpaired) electrons. The van der Waals surface area contributed by atoms with Crippen LogP contribution in [-0.4, -0.2) is 10.7 Å². The molecule has 2 rings (SSSR count). The van der Waals surface area contributed by atoms with E-state index in [2.05, 4.69) is 0 Å². The number of nitrogens with zero attached hydrogens (tertiary/aromatic N) is 1. The van der Waals surface area contributed by atoms with Gasteiger partial charge in [0.15, 0.2) is 5.78 Å². The second-order valence-electron chi connectivity index (χ2n) is 3.92. The van der Waals surface area contributed by atoms with Crippen molar-refractivity contribution in [2.24, 2.45) is 5.92 Å². The van der Waals surface area contributed by atoms with Gasteiger partial charge in [0.1, 0.15) is 0 Å². The third kappa shape index (κ3) is 1.88. The molecular weight excluding hydrogens is 194 g/mol. The van der Waals surface area contributed by atoms with E-state index in [4.69, 9.17) is 0 Å². The number of benzene rings is 1. The number of nitro groups is 1. The average molecular weight is 205 g/mol. The van der Waals surface area contributed by atoms with E-state index in [1.165, 1.54) is 6.07 Å². The van der Waals surface area contributed by atoms with Crippen LogP contribution < -0.4 is 0 Å². The van der Waals surface area contributed by atoms with Gasteiger partial charge in [-0.25, -0.2) is 0 Å². The minimum atomic E-state index is -0.484. The Kier molecular flexibility index (Phi) is 2.26. The standard InChI is InChI=1S/C11H11NO3/c1-7-2-5-9(10(6-7)12(14)15)11(13)8-3-4-8/h2,5-6,8H,3-4H2,1H3. The van der Waals surface area contributed by atoms with Gasteiger partial charge in [-0.05, 0) is 31.4 Å². The quantitative estimate of drug-likeness (QED) is 0.432. The lowest BCUT2D eigenvalue weighted by molar-refractivity contribution is -0.385. The normalized spacial score (nSPS) is 15.0. The van der Waals surface area contributed by atoms with E-state index >= 15 is 0 Å². The molecule has 15 heavy (non-hydrogen) atoms. The number of hydrogen-bond donors (Lipinski definition) is 0. The van der Waals surface area contributed by atoms with Gasteiger partial charge in [0.2, 0.25) is 0 Å². The van der Waals surface area contributed by atoms with Gasteiger partial charge >= 0.3 is 0 Å². The van der Waals surface area contributed by atoms with E-state index in [9.17, 15) is 14.9 Å². The molecule has 1 aliphatic rings. The molecule has 0 N–H and O–H groups in total. The molecule has 78 valence electrons. The Morgan fingerprint density at radius 3 is 2.67 bits per heavy atom. The van der Waals surface area contributed by atoms with E-state index < -0.39 is 4.92 Å². The monoisotopic (exact) mass is 205 g/mol. The van der Waals surface area contributed by atoms with Crippen molar-refractivity contribution < 1.29 is 9.72 Å². The molecule has 1 aromatic carbocycles. The summed E-state index contributed by atoms with van der Waals surface area (Å²) >= 11 is 0. The van der Waals surface area contributed by atoms with Crippen LogP contribution >= 0.6 is 0 Å². The highest BCUT2D eigenvalue weighted by molar-refractivity contribution is 6.02. The van der Waals surface area contributed by atoms with Crippen molar-refractivity contribution >= 4 is 11.5 Å². The summed E-state index contributed by atoms with van der Waals surface area (Å²) in [5.41, 5.74) is 0.994. The van der Waals surface area contributed by atoms with Crippen molar-refractivity contribution in [3.63, 3.8) is 0 Å². The predicted octanol–water partition coefficient (Wildman–Crippen LogP) is 2.50. The fourth-order valence-corrected chi connectivity index (χ4v) is 1.57. The second-order valence-corrected chi connectivity index (χ2v) is 3.92. The van der Waals surface area contributed by atoms with Gasteiger partial charge in [0, 0.05) is 12.0 Å². The number of hydrogen-bond acceptors (Lipinski definition) is 3. The van der Waals surface area contributed by atoms with Crippen molar-refractivity contribution in [1.82, 2.24) is 0 Å². The molecule has 4 heteroatoms. The minimum Gasteiger partial charge on any atom is -0.294 e. The van der Waals surface area contributed by atoms with Gasteiger partial charge in [0.05, 0.1) is 10.5 Å². The first-order chi connectivity index (χ1) is 7.09. The first kappa shape index (κ1) is 9.83. The molecule has 1 saturated carbocycles. The highest BCUT2D eigenvalue weighted by Crippen LogP contribution is 2.35. The van der Waals surface area contributed by atoms with Crippen LogP contribution in [0.1, 0.15) is 28.8 Å². The fourth-order valence-electron chi connectivity index (χ4n) is 1.57. The van der Waals surface area contributed by atoms with Gasteiger partial charge in [-0.2, -0.15) is 0 Å². The number of rotatable bonds is 3. The van der Waals surface area contributed by atoms with Gasteiger partial charge in [-0.15, -0.1) is 0 Å². The average Bonchev–Trinajstić information content (AvgIpc) is 2.99. The van der Waals surface area contributed by atoms with E-state index in [1.807, 2.05) is 0 Å². The summed E-state index contributed by atoms with van der Waals surface area (Å²) in [5.74, 6) is -0.0619. The van der Waals surface area contributed by atoms with E-state index in [1.54, 1.807) is 19.1 Å². The van der Waals surface area contributed by atoms with Crippen molar-refractivity contribution in [1.29, 1.82) is 0 Å².